The molecule has 0 spiro atoms. The predicted octanol–water partition coefficient (Wildman–Crippen LogP) is 7.26. The molecule has 2 aromatic rings. The van der Waals surface area contributed by atoms with Crippen LogP contribution in [0.5, 0.6) is 0 Å². The minimum Gasteiger partial charge on any atom is -0.368 e. The van der Waals surface area contributed by atoms with Crippen molar-refractivity contribution in [2.75, 3.05) is 18.0 Å². The minimum atomic E-state index is -4.44. The van der Waals surface area contributed by atoms with Gasteiger partial charge in [-0.3, -0.25) is 0 Å². The largest absolute Gasteiger partial charge is 0.417 e. The molecule has 0 radical (unpaired) electrons. The SMILES string of the molecule is C=C(C)C1Cc2cccc(SN3C(C)CN(c4ccc(C(F)(F)F)c(Cl)c4)CC3C)c2C1. The Kier molecular flexibility index (Phi) is 6.59. The van der Waals surface area contributed by atoms with E-state index in [1.807, 2.05) is 11.9 Å². The molecule has 3 unspecified atom stereocenters. The summed E-state index contributed by atoms with van der Waals surface area (Å²) in [6, 6.07) is 11.1. The smallest absolute Gasteiger partial charge is 0.368 e. The molecule has 2 aliphatic rings. The van der Waals surface area contributed by atoms with Gasteiger partial charge in [-0.15, -0.1) is 0 Å². The third-order valence-electron chi connectivity index (χ3n) is 6.51. The summed E-state index contributed by atoms with van der Waals surface area (Å²) in [6.07, 6.45) is -2.34. The molecule has 1 fully saturated rings. The molecule has 0 amide bonds. The average molecular weight is 481 g/mol. The maximum atomic E-state index is 13.1. The van der Waals surface area contributed by atoms with Gasteiger partial charge in [0.15, 0.2) is 0 Å². The van der Waals surface area contributed by atoms with E-state index in [1.54, 1.807) is 0 Å². The summed E-state index contributed by atoms with van der Waals surface area (Å²) in [6.45, 7) is 12.1. The van der Waals surface area contributed by atoms with Crippen molar-refractivity contribution >= 4 is 29.2 Å². The van der Waals surface area contributed by atoms with Gasteiger partial charge in [0.05, 0.1) is 10.6 Å². The first-order valence-corrected chi connectivity index (χ1v) is 12.0. The topological polar surface area (TPSA) is 6.48 Å². The second-order valence-electron chi connectivity index (χ2n) is 9.06. The number of benzene rings is 2. The zero-order valence-corrected chi connectivity index (χ0v) is 20.1. The summed E-state index contributed by atoms with van der Waals surface area (Å²) >= 11 is 7.77. The van der Waals surface area contributed by atoms with E-state index in [4.69, 9.17) is 11.6 Å². The summed E-state index contributed by atoms with van der Waals surface area (Å²) in [4.78, 5) is 3.43. The maximum absolute atomic E-state index is 13.1. The number of hydrogen-bond donors (Lipinski definition) is 0. The number of nitrogens with zero attached hydrogens (tertiary/aromatic N) is 2. The number of rotatable bonds is 4. The molecule has 4 rings (SSSR count). The predicted molar refractivity (Wildman–Crippen MR) is 127 cm³/mol. The summed E-state index contributed by atoms with van der Waals surface area (Å²) in [5, 5.41) is -0.251. The number of alkyl halides is 3. The highest BCUT2D eigenvalue weighted by Gasteiger charge is 2.35. The third kappa shape index (κ3) is 4.68. The van der Waals surface area contributed by atoms with Crippen LogP contribution in [0.15, 0.2) is 53.4 Å². The van der Waals surface area contributed by atoms with Gasteiger partial charge < -0.3 is 4.90 Å². The number of anilines is 1. The standard InChI is InChI=1S/C25H28ClF3N2S/c1-15(2)19-10-18-6-5-7-24(21(18)11-19)32-31-16(3)13-30(14-17(31)4)20-8-9-22(23(26)12-20)25(27,28)29/h5-9,12,16-17,19H,1,10-11,13-14H2,2-4H3. The summed E-state index contributed by atoms with van der Waals surface area (Å²) in [7, 11) is 0. The molecule has 0 saturated carbocycles. The number of halogens is 4. The third-order valence-corrected chi connectivity index (χ3v) is 8.33. The van der Waals surface area contributed by atoms with Gasteiger partial charge >= 0.3 is 6.18 Å². The van der Waals surface area contributed by atoms with Crippen LogP contribution in [0.2, 0.25) is 5.02 Å². The maximum Gasteiger partial charge on any atom is 0.417 e. The van der Waals surface area contributed by atoms with Crippen molar-refractivity contribution in [1.29, 1.82) is 0 Å². The molecule has 1 aliphatic heterocycles. The van der Waals surface area contributed by atoms with Gasteiger partial charge in [-0.25, -0.2) is 4.31 Å². The second kappa shape index (κ2) is 8.96. The quantitative estimate of drug-likeness (QED) is 0.336. The Morgan fingerprint density at radius 3 is 2.38 bits per heavy atom. The molecule has 1 saturated heterocycles. The molecule has 1 aliphatic carbocycles. The van der Waals surface area contributed by atoms with Crippen molar-refractivity contribution < 1.29 is 13.2 Å². The van der Waals surface area contributed by atoms with Crippen LogP contribution in [0, 0.1) is 5.92 Å². The van der Waals surface area contributed by atoms with Crippen LogP contribution in [-0.4, -0.2) is 29.5 Å². The Labute approximate surface area is 197 Å². The van der Waals surface area contributed by atoms with E-state index in [9.17, 15) is 13.2 Å². The lowest BCUT2D eigenvalue weighted by Gasteiger charge is -2.44. The van der Waals surface area contributed by atoms with Gasteiger partial charge in [0, 0.05) is 35.8 Å². The Hall–Kier alpha value is -1.63. The molecule has 172 valence electrons. The van der Waals surface area contributed by atoms with Crippen molar-refractivity contribution in [3.05, 3.63) is 70.3 Å². The van der Waals surface area contributed by atoms with Crippen LogP contribution < -0.4 is 4.90 Å². The van der Waals surface area contributed by atoms with Gasteiger partial charge in [0.1, 0.15) is 0 Å². The van der Waals surface area contributed by atoms with E-state index < -0.39 is 11.7 Å². The fourth-order valence-electron chi connectivity index (χ4n) is 4.79. The lowest BCUT2D eigenvalue weighted by Crippen LogP contribution is -2.53. The molecule has 0 aromatic heterocycles. The molecular formula is C25H28ClF3N2S. The molecule has 32 heavy (non-hydrogen) atoms. The monoisotopic (exact) mass is 480 g/mol. The van der Waals surface area contributed by atoms with E-state index in [0.717, 1.165) is 37.7 Å². The van der Waals surface area contributed by atoms with Gasteiger partial charge in [-0.1, -0.05) is 35.9 Å². The minimum absolute atomic E-state index is 0.221. The van der Waals surface area contributed by atoms with Crippen molar-refractivity contribution in [3.8, 4) is 0 Å². The van der Waals surface area contributed by atoms with E-state index in [-0.39, 0.29) is 17.1 Å². The first kappa shape index (κ1) is 23.5. The highest BCUT2D eigenvalue weighted by atomic mass is 35.5. The van der Waals surface area contributed by atoms with Crippen LogP contribution >= 0.6 is 23.5 Å². The van der Waals surface area contributed by atoms with Gasteiger partial charge in [-0.05, 0) is 86.9 Å². The summed E-state index contributed by atoms with van der Waals surface area (Å²) in [5.74, 6) is 0.517. The highest BCUT2D eigenvalue weighted by Crippen LogP contribution is 2.41. The van der Waals surface area contributed by atoms with Crippen LogP contribution in [0.4, 0.5) is 18.9 Å². The molecule has 7 heteroatoms. The first-order chi connectivity index (χ1) is 15.0. The highest BCUT2D eigenvalue weighted by molar-refractivity contribution is 7.97. The van der Waals surface area contributed by atoms with Crippen LogP contribution in [0.3, 0.4) is 0 Å². The lowest BCUT2D eigenvalue weighted by atomic mass is 9.99. The molecule has 2 aromatic carbocycles. The molecule has 2 nitrogen and oxygen atoms in total. The molecule has 0 N–H and O–H groups in total. The zero-order valence-electron chi connectivity index (χ0n) is 18.5. The fourth-order valence-corrected chi connectivity index (χ4v) is 6.26. The van der Waals surface area contributed by atoms with Gasteiger partial charge in [0.25, 0.3) is 0 Å². The second-order valence-corrected chi connectivity index (χ2v) is 10.5. The lowest BCUT2D eigenvalue weighted by molar-refractivity contribution is -0.137. The van der Waals surface area contributed by atoms with Crippen molar-refractivity contribution in [1.82, 2.24) is 4.31 Å². The van der Waals surface area contributed by atoms with Crippen molar-refractivity contribution in [2.45, 2.75) is 56.8 Å². The number of allylic oxidation sites excluding steroid dienone is 1. The normalized spacial score (nSPS) is 24.0. The Bertz CT molecular complexity index is 1010. The first-order valence-electron chi connectivity index (χ1n) is 10.9. The average Bonchev–Trinajstić information content (AvgIpc) is 3.15. The molecule has 1 heterocycles. The Morgan fingerprint density at radius 2 is 1.78 bits per heavy atom. The van der Waals surface area contributed by atoms with Crippen LogP contribution in [0.25, 0.3) is 0 Å². The van der Waals surface area contributed by atoms with Crippen molar-refractivity contribution in [3.63, 3.8) is 0 Å². The van der Waals surface area contributed by atoms with Crippen LogP contribution in [-0.2, 0) is 19.0 Å². The summed E-state index contributed by atoms with van der Waals surface area (Å²) < 4.78 is 41.6. The van der Waals surface area contributed by atoms with Gasteiger partial charge in [0.2, 0.25) is 0 Å². The van der Waals surface area contributed by atoms with E-state index in [1.165, 1.54) is 33.7 Å². The van der Waals surface area contributed by atoms with E-state index in [2.05, 4.69) is 54.8 Å². The molecular weight excluding hydrogens is 453 g/mol. The van der Waals surface area contributed by atoms with E-state index >= 15 is 0 Å². The molecule has 3 atom stereocenters. The van der Waals surface area contributed by atoms with Crippen molar-refractivity contribution in [2.24, 2.45) is 5.92 Å². The summed E-state index contributed by atoms with van der Waals surface area (Å²) in [5.41, 5.74) is 4.03. The van der Waals surface area contributed by atoms with E-state index in [0.29, 0.717) is 5.92 Å². The van der Waals surface area contributed by atoms with Gasteiger partial charge in [-0.2, -0.15) is 13.2 Å². The zero-order chi connectivity index (χ0) is 23.2. The Morgan fingerprint density at radius 1 is 1.09 bits per heavy atom. The van der Waals surface area contributed by atoms with Crippen LogP contribution in [0.1, 0.15) is 37.5 Å². The Balaban J connectivity index is 1.49. The number of fused-ring (bicyclic) bond motifs is 1. The number of hydrogen-bond acceptors (Lipinski definition) is 3. The molecule has 0 bridgehead atoms. The number of piperazine rings is 1. The fraction of sp³-hybridized carbons (Fsp3) is 0.440.